The first-order chi connectivity index (χ1) is 14.1. The number of nitrogens with one attached hydrogen (secondary N) is 1. The van der Waals surface area contributed by atoms with Crippen LogP contribution in [0, 0.1) is 17.1 Å². The Balaban J connectivity index is 1.71. The van der Waals surface area contributed by atoms with Gasteiger partial charge in [0.15, 0.2) is 11.5 Å². The Hall–Kier alpha value is -3.33. The topological polar surface area (TPSA) is 71.3 Å². The molecule has 1 saturated carbocycles. The van der Waals surface area contributed by atoms with Crippen LogP contribution in [0.2, 0.25) is 0 Å². The van der Waals surface area contributed by atoms with Crippen LogP contribution < -0.4 is 14.8 Å². The molecule has 0 unspecified atom stereocenters. The number of ether oxygens (including phenoxy) is 2. The highest BCUT2D eigenvalue weighted by Crippen LogP contribution is 2.30. The smallest absolute Gasteiger partial charge is 0.262 e. The maximum atomic E-state index is 13.3. The molecular formula is C23H23FN2O3. The van der Waals surface area contributed by atoms with Crippen molar-refractivity contribution in [3.63, 3.8) is 0 Å². The molecule has 0 spiro atoms. The van der Waals surface area contributed by atoms with Gasteiger partial charge in [-0.1, -0.05) is 31.0 Å². The number of hydrogen-bond donors (Lipinski definition) is 1. The van der Waals surface area contributed by atoms with Gasteiger partial charge in [-0.2, -0.15) is 5.26 Å². The monoisotopic (exact) mass is 394 g/mol. The van der Waals surface area contributed by atoms with Gasteiger partial charge in [-0.3, -0.25) is 4.79 Å². The fourth-order valence-electron chi connectivity index (χ4n) is 3.33. The molecule has 150 valence electrons. The molecule has 0 radical (unpaired) electrons. The molecule has 1 N–H and O–H groups in total. The Morgan fingerprint density at radius 3 is 2.72 bits per heavy atom. The summed E-state index contributed by atoms with van der Waals surface area (Å²) in [6.45, 7) is 0.191. The Morgan fingerprint density at radius 1 is 1.24 bits per heavy atom. The van der Waals surface area contributed by atoms with E-state index < -0.39 is 0 Å². The minimum Gasteiger partial charge on any atom is -0.493 e. The van der Waals surface area contributed by atoms with E-state index in [-0.39, 0.29) is 29.9 Å². The zero-order chi connectivity index (χ0) is 20.6. The summed E-state index contributed by atoms with van der Waals surface area (Å²) in [5.41, 5.74) is 1.40. The lowest BCUT2D eigenvalue weighted by atomic mass is 10.1. The van der Waals surface area contributed by atoms with Gasteiger partial charge in [0.25, 0.3) is 5.91 Å². The van der Waals surface area contributed by atoms with E-state index in [2.05, 4.69) is 5.32 Å². The van der Waals surface area contributed by atoms with E-state index >= 15 is 0 Å². The number of nitriles is 1. The summed E-state index contributed by atoms with van der Waals surface area (Å²) in [6, 6.07) is 13.4. The zero-order valence-corrected chi connectivity index (χ0v) is 16.3. The van der Waals surface area contributed by atoms with Crippen LogP contribution in [-0.2, 0) is 11.4 Å². The summed E-state index contributed by atoms with van der Waals surface area (Å²) in [5.74, 6) is 0.273. The van der Waals surface area contributed by atoms with Gasteiger partial charge in [0.1, 0.15) is 24.1 Å². The fraction of sp³-hybridized carbons (Fsp3) is 0.304. The number of carbonyl (C=O) groups is 1. The third-order valence-electron chi connectivity index (χ3n) is 4.84. The SMILES string of the molecule is COc1cc(/C=C(/C#N)C(=O)NC2CCCC2)ccc1OCc1cccc(F)c1. The van der Waals surface area contributed by atoms with Crippen molar-refractivity contribution in [2.45, 2.75) is 38.3 Å². The van der Waals surface area contributed by atoms with Crippen molar-refractivity contribution in [2.75, 3.05) is 7.11 Å². The van der Waals surface area contributed by atoms with Gasteiger partial charge in [-0.25, -0.2) is 4.39 Å². The molecule has 0 aliphatic heterocycles. The summed E-state index contributed by atoms with van der Waals surface area (Å²) in [5, 5.41) is 12.3. The highest BCUT2D eigenvalue weighted by atomic mass is 19.1. The quantitative estimate of drug-likeness (QED) is 0.559. The predicted octanol–water partition coefficient (Wildman–Crippen LogP) is 4.38. The summed E-state index contributed by atoms with van der Waals surface area (Å²) < 4.78 is 24.4. The van der Waals surface area contributed by atoms with Crippen LogP contribution in [-0.4, -0.2) is 19.1 Å². The van der Waals surface area contributed by atoms with Crippen molar-refractivity contribution in [3.8, 4) is 17.6 Å². The normalized spacial score (nSPS) is 14.3. The molecule has 0 bridgehead atoms. The average Bonchev–Trinajstić information content (AvgIpc) is 3.23. The van der Waals surface area contributed by atoms with Crippen LogP contribution in [0.25, 0.3) is 6.08 Å². The summed E-state index contributed by atoms with van der Waals surface area (Å²) in [6.07, 6.45) is 5.64. The number of amides is 1. The molecule has 0 heterocycles. The van der Waals surface area contributed by atoms with Gasteiger partial charge in [0.05, 0.1) is 7.11 Å². The second-order valence-electron chi connectivity index (χ2n) is 6.95. The van der Waals surface area contributed by atoms with Crippen molar-refractivity contribution in [3.05, 3.63) is 65.0 Å². The van der Waals surface area contributed by atoms with Crippen LogP contribution in [0.15, 0.2) is 48.0 Å². The van der Waals surface area contributed by atoms with Crippen molar-refractivity contribution in [1.82, 2.24) is 5.32 Å². The van der Waals surface area contributed by atoms with Gasteiger partial charge >= 0.3 is 0 Å². The van der Waals surface area contributed by atoms with Gasteiger partial charge in [0, 0.05) is 6.04 Å². The van der Waals surface area contributed by atoms with E-state index in [4.69, 9.17) is 9.47 Å². The number of rotatable bonds is 7. The number of carbonyl (C=O) groups excluding carboxylic acids is 1. The van der Waals surface area contributed by atoms with E-state index in [0.29, 0.717) is 22.6 Å². The molecule has 0 saturated heterocycles. The van der Waals surface area contributed by atoms with E-state index in [1.54, 1.807) is 30.3 Å². The van der Waals surface area contributed by atoms with Crippen molar-refractivity contribution < 1.29 is 18.7 Å². The van der Waals surface area contributed by atoms with Crippen LogP contribution >= 0.6 is 0 Å². The highest BCUT2D eigenvalue weighted by Gasteiger charge is 2.19. The number of halogens is 1. The van der Waals surface area contributed by atoms with Crippen molar-refractivity contribution in [1.29, 1.82) is 5.26 Å². The molecule has 1 fully saturated rings. The van der Waals surface area contributed by atoms with E-state index in [1.807, 2.05) is 6.07 Å². The van der Waals surface area contributed by atoms with E-state index in [0.717, 1.165) is 25.7 Å². The van der Waals surface area contributed by atoms with Gasteiger partial charge < -0.3 is 14.8 Å². The highest BCUT2D eigenvalue weighted by molar-refractivity contribution is 6.01. The largest absolute Gasteiger partial charge is 0.493 e. The molecule has 2 aromatic rings. The first-order valence-corrected chi connectivity index (χ1v) is 9.57. The van der Waals surface area contributed by atoms with Crippen molar-refractivity contribution in [2.24, 2.45) is 0 Å². The molecule has 5 nitrogen and oxygen atoms in total. The molecule has 3 rings (SSSR count). The Labute approximate surface area is 169 Å². The molecule has 2 aromatic carbocycles. The lowest BCUT2D eigenvalue weighted by molar-refractivity contribution is -0.117. The Morgan fingerprint density at radius 2 is 2.03 bits per heavy atom. The van der Waals surface area contributed by atoms with Crippen molar-refractivity contribution >= 4 is 12.0 Å². The summed E-state index contributed by atoms with van der Waals surface area (Å²) in [4.78, 5) is 12.4. The van der Waals surface area contributed by atoms with Crippen LogP contribution in [0.1, 0.15) is 36.8 Å². The molecule has 1 aliphatic rings. The predicted molar refractivity (Wildman–Crippen MR) is 108 cm³/mol. The minimum absolute atomic E-state index is 0.0485. The first kappa shape index (κ1) is 20.4. The molecule has 29 heavy (non-hydrogen) atoms. The van der Waals surface area contributed by atoms with Gasteiger partial charge in [-0.15, -0.1) is 0 Å². The Bertz CT molecular complexity index is 943. The second-order valence-corrected chi connectivity index (χ2v) is 6.95. The molecule has 0 atom stereocenters. The zero-order valence-electron chi connectivity index (χ0n) is 16.3. The summed E-state index contributed by atoms with van der Waals surface area (Å²) >= 11 is 0. The van der Waals surface area contributed by atoms with Gasteiger partial charge in [-0.05, 0) is 54.3 Å². The second kappa shape index (κ2) is 9.74. The summed E-state index contributed by atoms with van der Waals surface area (Å²) in [7, 11) is 1.51. The standard InChI is InChI=1S/C23H23FN2O3/c1-28-22-13-16(11-18(14-25)23(27)26-20-7-2-3-8-20)9-10-21(22)29-15-17-5-4-6-19(24)12-17/h4-6,9-13,20H,2-3,7-8,15H2,1H3,(H,26,27)/b18-11-. The Kier molecular flexibility index (Phi) is 6.85. The molecule has 1 amide bonds. The van der Waals surface area contributed by atoms with Crippen LogP contribution in [0.3, 0.4) is 0 Å². The molecule has 0 aromatic heterocycles. The molecular weight excluding hydrogens is 371 g/mol. The number of hydrogen-bond acceptors (Lipinski definition) is 4. The lowest BCUT2D eigenvalue weighted by Gasteiger charge is -2.12. The third kappa shape index (κ3) is 5.58. The maximum absolute atomic E-state index is 13.3. The van der Waals surface area contributed by atoms with Crippen LogP contribution in [0.5, 0.6) is 11.5 Å². The molecule has 1 aliphatic carbocycles. The van der Waals surface area contributed by atoms with Crippen LogP contribution in [0.4, 0.5) is 4.39 Å². The molecule has 6 heteroatoms. The first-order valence-electron chi connectivity index (χ1n) is 9.57. The third-order valence-corrected chi connectivity index (χ3v) is 4.84. The number of benzene rings is 2. The average molecular weight is 394 g/mol. The number of methoxy groups -OCH3 is 1. The van der Waals surface area contributed by atoms with Gasteiger partial charge in [0.2, 0.25) is 0 Å². The lowest BCUT2D eigenvalue weighted by Crippen LogP contribution is -2.33. The van der Waals surface area contributed by atoms with E-state index in [1.165, 1.54) is 25.3 Å². The maximum Gasteiger partial charge on any atom is 0.262 e. The fourth-order valence-corrected chi connectivity index (χ4v) is 3.33. The van der Waals surface area contributed by atoms with E-state index in [9.17, 15) is 14.4 Å². The number of nitrogens with zero attached hydrogens (tertiary/aromatic N) is 1. The minimum atomic E-state index is -0.357.